The third-order valence-corrected chi connectivity index (χ3v) is 4.06. The molecule has 0 saturated carbocycles. The highest BCUT2D eigenvalue weighted by Gasteiger charge is 2.14. The average Bonchev–Trinajstić information content (AvgIpc) is 2.58. The lowest BCUT2D eigenvalue weighted by molar-refractivity contribution is 0.102. The van der Waals surface area contributed by atoms with E-state index in [4.69, 9.17) is 0 Å². The molecule has 5 heteroatoms. The summed E-state index contributed by atoms with van der Waals surface area (Å²) in [6.07, 6.45) is 1.69. The molecule has 0 aliphatic rings. The van der Waals surface area contributed by atoms with Gasteiger partial charge in [0.1, 0.15) is 5.03 Å². The zero-order valence-electron chi connectivity index (χ0n) is 12.6. The number of benzene rings is 2. The minimum atomic E-state index is -0.253. The molecule has 23 heavy (non-hydrogen) atoms. The van der Waals surface area contributed by atoms with Crippen molar-refractivity contribution >= 4 is 23.4 Å². The number of nitrogens with zero attached hydrogens (tertiary/aromatic N) is 2. The second kappa shape index (κ2) is 7.07. The smallest absolute Gasteiger partial charge is 0.276 e. The van der Waals surface area contributed by atoms with Crippen LogP contribution in [0.4, 0.5) is 5.69 Å². The van der Waals surface area contributed by atoms with Crippen molar-refractivity contribution in [3.63, 3.8) is 0 Å². The number of amides is 1. The van der Waals surface area contributed by atoms with Gasteiger partial charge in [0.25, 0.3) is 5.91 Å². The number of carbonyl (C=O) groups excluding carboxylic acids is 1. The van der Waals surface area contributed by atoms with E-state index in [-0.39, 0.29) is 8.76 Å². The molecule has 1 aromatic heterocycles. The van der Waals surface area contributed by atoms with Gasteiger partial charge in [0.2, 0.25) is 0 Å². The molecule has 0 aliphatic carbocycles. The van der Waals surface area contributed by atoms with Crippen molar-refractivity contribution in [2.45, 2.75) is 16.8 Å². The van der Waals surface area contributed by atoms with Gasteiger partial charge in [0.05, 0.1) is 11.9 Å². The molecule has 0 aliphatic heterocycles. The molecule has 0 atom stereocenters. The lowest BCUT2D eigenvalue weighted by Gasteiger charge is -2.08. The van der Waals surface area contributed by atoms with Crippen LogP contribution in [0, 0.1) is 6.92 Å². The maximum atomic E-state index is 12.4. The topological polar surface area (TPSA) is 54.9 Å². The summed E-state index contributed by atoms with van der Waals surface area (Å²) in [4.78, 5) is 22.2. The zero-order valence-corrected chi connectivity index (χ0v) is 13.4. The number of hydrogen-bond donors (Lipinski definition) is 1. The number of hydrogen-bond acceptors (Lipinski definition) is 4. The van der Waals surface area contributed by atoms with Crippen LogP contribution in [0.15, 0.2) is 76.8 Å². The predicted octanol–water partition coefficient (Wildman–Crippen LogP) is 4.68. The molecule has 1 N–H and O–H groups in total. The first kappa shape index (κ1) is 15.2. The molecule has 0 spiro atoms. The average molecular weight is 325 g/mol. The Hall–Kier alpha value is -2.66. The van der Waals surface area contributed by atoms with Gasteiger partial charge in [-0.3, -0.25) is 9.78 Å². The maximum Gasteiger partial charge on any atom is 0.276 e. The Bertz CT molecular complexity index is 817. The summed E-state index contributed by atoms with van der Waals surface area (Å²) in [6, 6.07) is 19.2. The molecular formula is C18H19N3OS. The molecule has 4 nitrogen and oxygen atoms in total. The SMILES string of the molecule is Cc1ncc(Sc2ccccc2)nc1C(=O)Nc1ccccc1.[HH].[HH]. The third kappa shape index (κ3) is 3.96. The summed E-state index contributed by atoms with van der Waals surface area (Å²) in [5.74, 6) is -0.253. The minimum absolute atomic E-state index is 0. The van der Waals surface area contributed by atoms with Gasteiger partial charge in [0.15, 0.2) is 5.69 Å². The maximum absolute atomic E-state index is 12.4. The Morgan fingerprint density at radius 2 is 1.70 bits per heavy atom. The van der Waals surface area contributed by atoms with E-state index in [0.29, 0.717) is 16.4 Å². The van der Waals surface area contributed by atoms with E-state index in [9.17, 15) is 4.79 Å². The number of rotatable bonds is 4. The monoisotopic (exact) mass is 325 g/mol. The molecule has 0 fully saturated rings. The number of anilines is 1. The van der Waals surface area contributed by atoms with Crippen molar-refractivity contribution in [3.8, 4) is 0 Å². The Balaban J connectivity index is 0.00000156. The van der Waals surface area contributed by atoms with Crippen LogP contribution in [0.25, 0.3) is 0 Å². The lowest BCUT2D eigenvalue weighted by Crippen LogP contribution is -2.16. The van der Waals surface area contributed by atoms with Gasteiger partial charge < -0.3 is 5.32 Å². The molecule has 1 amide bonds. The molecule has 3 aromatic rings. The van der Waals surface area contributed by atoms with Crippen molar-refractivity contribution in [1.29, 1.82) is 0 Å². The van der Waals surface area contributed by atoms with E-state index < -0.39 is 0 Å². The standard InChI is InChI=1S/C18H15N3OS.2H2/c1-13-17(18(22)20-14-8-4-2-5-9-14)21-16(12-19-13)23-15-10-6-3-7-11-15;;/h2-12H,1H3,(H,20,22);2*1H. The Morgan fingerprint density at radius 1 is 1.04 bits per heavy atom. The van der Waals surface area contributed by atoms with Crippen LogP contribution in [-0.4, -0.2) is 15.9 Å². The van der Waals surface area contributed by atoms with E-state index >= 15 is 0 Å². The van der Waals surface area contributed by atoms with Gasteiger partial charge in [-0.25, -0.2) is 4.98 Å². The molecule has 0 bridgehead atoms. The molecule has 2 aromatic carbocycles. The van der Waals surface area contributed by atoms with E-state index in [2.05, 4.69) is 15.3 Å². The van der Waals surface area contributed by atoms with Crippen LogP contribution in [-0.2, 0) is 0 Å². The number of aryl methyl sites for hydroxylation is 1. The van der Waals surface area contributed by atoms with Crippen molar-refractivity contribution in [1.82, 2.24) is 9.97 Å². The minimum Gasteiger partial charge on any atom is -0.321 e. The summed E-state index contributed by atoms with van der Waals surface area (Å²) in [5, 5.41) is 3.53. The summed E-state index contributed by atoms with van der Waals surface area (Å²) in [5.41, 5.74) is 1.69. The largest absolute Gasteiger partial charge is 0.321 e. The number of nitrogens with one attached hydrogen (secondary N) is 1. The van der Waals surface area contributed by atoms with Crippen molar-refractivity contribution < 1.29 is 7.65 Å². The van der Waals surface area contributed by atoms with Gasteiger partial charge in [-0.2, -0.15) is 0 Å². The predicted molar refractivity (Wildman–Crippen MR) is 96.0 cm³/mol. The summed E-state index contributed by atoms with van der Waals surface area (Å²) in [6.45, 7) is 1.78. The van der Waals surface area contributed by atoms with Gasteiger partial charge in [-0.1, -0.05) is 48.2 Å². The zero-order chi connectivity index (χ0) is 16.1. The molecule has 3 rings (SSSR count). The molecule has 0 radical (unpaired) electrons. The van der Waals surface area contributed by atoms with Crippen molar-refractivity contribution in [3.05, 3.63) is 78.2 Å². The van der Waals surface area contributed by atoms with E-state index in [1.54, 1.807) is 13.1 Å². The third-order valence-electron chi connectivity index (χ3n) is 3.15. The first-order valence-corrected chi connectivity index (χ1v) is 7.97. The quantitative estimate of drug-likeness (QED) is 0.756. The lowest BCUT2D eigenvalue weighted by atomic mass is 10.2. The van der Waals surface area contributed by atoms with E-state index in [1.165, 1.54) is 11.8 Å². The second-order valence-corrected chi connectivity index (χ2v) is 5.97. The summed E-state index contributed by atoms with van der Waals surface area (Å²) >= 11 is 1.48. The Morgan fingerprint density at radius 3 is 2.39 bits per heavy atom. The highest BCUT2D eigenvalue weighted by atomic mass is 32.2. The molecule has 118 valence electrons. The van der Waals surface area contributed by atoms with Gasteiger partial charge in [-0.15, -0.1) is 0 Å². The van der Waals surface area contributed by atoms with E-state index in [1.807, 2.05) is 60.7 Å². The van der Waals surface area contributed by atoms with Crippen LogP contribution >= 0.6 is 11.8 Å². The number of carbonyl (C=O) groups is 1. The van der Waals surface area contributed by atoms with Crippen molar-refractivity contribution in [2.24, 2.45) is 0 Å². The normalized spacial score (nSPS) is 10.3. The molecule has 0 saturated heterocycles. The van der Waals surface area contributed by atoms with Crippen LogP contribution in [0.5, 0.6) is 0 Å². The van der Waals surface area contributed by atoms with Crippen LogP contribution in [0.2, 0.25) is 0 Å². The van der Waals surface area contributed by atoms with Crippen LogP contribution in [0.3, 0.4) is 0 Å². The highest BCUT2D eigenvalue weighted by molar-refractivity contribution is 7.99. The molecule has 1 heterocycles. The number of para-hydroxylation sites is 1. The van der Waals surface area contributed by atoms with E-state index in [0.717, 1.165) is 10.6 Å². The Kier molecular flexibility index (Phi) is 4.68. The summed E-state index contributed by atoms with van der Waals surface area (Å²) in [7, 11) is 0. The Labute approximate surface area is 142 Å². The summed E-state index contributed by atoms with van der Waals surface area (Å²) < 4.78 is 0. The van der Waals surface area contributed by atoms with Gasteiger partial charge in [-0.05, 0) is 31.2 Å². The molecular weight excluding hydrogens is 306 g/mol. The fourth-order valence-electron chi connectivity index (χ4n) is 2.02. The van der Waals surface area contributed by atoms with Crippen LogP contribution in [0.1, 0.15) is 19.0 Å². The fourth-order valence-corrected chi connectivity index (χ4v) is 2.80. The highest BCUT2D eigenvalue weighted by Crippen LogP contribution is 2.25. The van der Waals surface area contributed by atoms with Crippen LogP contribution < -0.4 is 5.32 Å². The second-order valence-electron chi connectivity index (χ2n) is 4.88. The first-order chi connectivity index (χ1) is 11.2. The van der Waals surface area contributed by atoms with Crippen molar-refractivity contribution in [2.75, 3.05) is 5.32 Å². The first-order valence-electron chi connectivity index (χ1n) is 7.15. The fraction of sp³-hybridized carbons (Fsp3) is 0.0556. The van der Waals surface area contributed by atoms with Gasteiger partial charge >= 0.3 is 0 Å². The molecule has 0 unspecified atom stereocenters. The number of aromatic nitrogens is 2. The van der Waals surface area contributed by atoms with Gasteiger partial charge in [0, 0.05) is 13.4 Å².